The number of aliphatic hydroxyl groups excluding tert-OH is 1. The highest BCUT2D eigenvalue weighted by atomic mass is 19.4. The van der Waals surface area contributed by atoms with Gasteiger partial charge in [-0.25, -0.2) is 0 Å². The Kier molecular flexibility index (Phi) is 4.60. The first-order chi connectivity index (χ1) is 10.3. The zero-order valence-electron chi connectivity index (χ0n) is 13.9. The summed E-state index contributed by atoms with van der Waals surface area (Å²) in [6.45, 7) is 9.15. The monoisotopic (exact) mass is 334 g/mol. The summed E-state index contributed by atoms with van der Waals surface area (Å²) in [4.78, 5) is 0. The first-order valence-corrected chi connectivity index (χ1v) is 7.45. The molecule has 1 aromatic heterocycles. The lowest BCUT2D eigenvalue weighted by Crippen LogP contribution is -2.41. The Morgan fingerprint density at radius 2 is 1.78 bits per heavy atom. The number of nitrogens with zero attached hydrogens (tertiary/aromatic N) is 2. The van der Waals surface area contributed by atoms with Crippen LogP contribution in [0.15, 0.2) is 6.20 Å². The molecule has 5 nitrogen and oxygen atoms in total. The van der Waals surface area contributed by atoms with Crippen LogP contribution in [0.25, 0.3) is 0 Å². The van der Waals surface area contributed by atoms with E-state index in [2.05, 4.69) is 5.10 Å². The summed E-state index contributed by atoms with van der Waals surface area (Å²) in [5, 5.41) is 13.6. The van der Waals surface area contributed by atoms with Gasteiger partial charge in [-0.05, 0) is 34.6 Å². The van der Waals surface area contributed by atoms with Crippen LogP contribution < -0.4 is 5.46 Å². The van der Waals surface area contributed by atoms with Gasteiger partial charge in [0.25, 0.3) is 0 Å². The molecule has 1 aromatic rings. The molecule has 1 aliphatic heterocycles. The number of alkyl halides is 3. The van der Waals surface area contributed by atoms with Crippen LogP contribution in [0.3, 0.4) is 0 Å². The van der Waals surface area contributed by atoms with Crippen LogP contribution in [0.4, 0.5) is 13.2 Å². The third-order valence-corrected chi connectivity index (χ3v) is 4.50. The Hall–Kier alpha value is -1.06. The molecular formula is C14H22BF3N2O3. The second-order valence-corrected chi connectivity index (χ2v) is 6.93. The summed E-state index contributed by atoms with van der Waals surface area (Å²) in [6, 6.07) is 0. The Bertz CT molecular complexity index is 556. The number of rotatable bonds is 4. The molecule has 1 atom stereocenters. The fraction of sp³-hybridized carbons (Fsp3) is 0.786. The van der Waals surface area contributed by atoms with E-state index in [1.54, 1.807) is 6.92 Å². The van der Waals surface area contributed by atoms with Gasteiger partial charge in [-0.1, -0.05) is 0 Å². The van der Waals surface area contributed by atoms with Gasteiger partial charge in [-0.2, -0.15) is 18.3 Å². The zero-order valence-corrected chi connectivity index (χ0v) is 13.9. The summed E-state index contributed by atoms with van der Waals surface area (Å²) < 4.78 is 50.1. The van der Waals surface area contributed by atoms with E-state index in [-0.39, 0.29) is 6.54 Å². The predicted molar refractivity (Wildman–Crippen MR) is 79.4 cm³/mol. The lowest BCUT2D eigenvalue weighted by atomic mass is 9.79. The molecule has 0 bridgehead atoms. The lowest BCUT2D eigenvalue weighted by molar-refractivity contribution is -0.154. The first kappa shape index (κ1) is 18.3. The molecule has 1 aliphatic rings. The molecule has 0 aromatic carbocycles. The van der Waals surface area contributed by atoms with E-state index >= 15 is 0 Å². The molecule has 1 N–H and O–H groups in total. The Balaban J connectivity index is 2.12. The van der Waals surface area contributed by atoms with Crippen molar-refractivity contribution in [2.45, 2.75) is 71.1 Å². The molecule has 1 fully saturated rings. The summed E-state index contributed by atoms with van der Waals surface area (Å²) in [5.74, 6) is 0. The molecule has 2 heterocycles. The zero-order chi connectivity index (χ0) is 17.6. The van der Waals surface area contributed by atoms with Gasteiger partial charge in [0.15, 0.2) is 0 Å². The van der Waals surface area contributed by atoms with E-state index in [0.29, 0.717) is 11.2 Å². The normalized spacial score (nSPS) is 21.7. The quantitative estimate of drug-likeness (QED) is 0.854. The third kappa shape index (κ3) is 3.89. The van der Waals surface area contributed by atoms with Gasteiger partial charge in [-0.15, -0.1) is 0 Å². The van der Waals surface area contributed by atoms with Gasteiger partial charge in [-0.3, -0.25) is 4.68 Å². The van der Waals surface area contributed by atoms with Crippen LogP contribution in [0.5, 0.6) is 0 Å². The molecule has 9 heteroatoms. The second kappa shape index (κ2) is 5.79. The highest BCUT2D eigenvalue weighted by molar-refractivity contribution is 6.62. The molecule has 0 aliphatic carbocycles. The van der Waals surface area contributed by atoms with E-state index in [1.165, 1.54) is 10.9 Å². The summed E-state index contributed by atoms with van der Waals surface area (Å²) in [6.07, 6.45) is -5.70. The second-order valence-electron chi connectivity index (χ2n) is 6.93. The molecular weight excluding hydrogens is 312 g/mol. The van der Waals surface area contributed by atoms with E-state index in [1.807, 2.05) is 27.7 Å². The van der Waals surface area contributed by atoms with Gasteiger partial charge < -0.3 is 14.4 Å². The smallest absolute Gasteiger partial charge is 0.399 e. The summed E-state index contributed by atoms with van der Waals surface area (Å²) >= 11 is 0. The number of aromatic nitrogens is 2. The van der Waals surface area contributed by atoms with Gasteiger partial charge in [0.1, 0.15) is 0 Å². The summed E-state index contributed by atoms with van der Waals surface area (Å²) in [7, 11) is -0.631. The molecule has 2 rings (SSSR count). The van der Waals surface area contributed by atoms with Crippen LogP contribution in [0, 0.1) is 6.92 Å². The number of halogens is 3. The molecule has 1 unspecified atom stereocenters. The Morgan fingerprint density at radius 3 is 2.26 bits per heavy atom. The van der Waals surface area contributed by atoms with Crippen molar-refractivity contribution in [1.29, 1.82) is 0 Å². The number of hydrogen-bond acceptors (Lipinski definition) is 4. The topological polar surface area (TPSA) is 56.5 Å². The molecule has 130 valence electrons. The molecule has 1 saturated heterocycles. The highest BCUT2D eigenvalue weighted by Gasteiger charge is 2.52. The predicted octanol–water partition coefficient (Wildman–Crippen LogP) is 1.80. The maximum absolute atomic E-state index is 12.3. The minimum Gasteiger partial charge on any atom is -0.399 e. The first-order valence-electron chi connectivity index (χ1n) is 7.45. The number of aliphatic hydroxyl groups is 1. The van der Waals surface area contributed by atoms with Crippen LogP contribution in [0.2, 0.25) is 0 Å². The van der Waals surface area contributed by atoms with Crippen molar-refractivity contribution in [3.05, 3.63) is 11.9 Å². The van der Waals surface area contributed by atoms with E-state index in [0.717, 1.165) is 0 Å². The van der Waals surface area contributed by atoms with Gasteiger partial charge in [0, 0.05) is 17.4 Å². The Morgan fingerprint density at radius 1 is 1.26 bits per heavy atom. The minimum absolute atomic E-state index is 0.231. The van der Waals surface area contributed by atoms with E-state index < -0.39 is 37.0 Å². The average Bonchev–Trinajstić information content (AvgIpc) is 2.76. The van der Waals surface area contributed by atoms with E-state index in [4.69, 9.17) is 9.31 Å². The minimum atomic E-state index is -4.41. The van der Waals surface area contributed by atoms with Crippen LogP contribution in [-0.2, 0) is 15.9 Å². The largest absolute Gasteiger partial charge is 0.498 e. The van der Waals surface area contributed by atoms with Crippen molar-refractivity contribution >= 4 is 12.6 Å². The standard InChI is InChI=1S/C14H22BF3N2O3/c1-9-11(15-22-12(2,3)13(4,5)23-15)7-19-20(9)8-10(21)6-14(16,17)18/h7,10,21H,6,8H2,1-5H3. The van der Waals surface area contributed by atoms with Crippen molar-refractivity contribution in [3.8, 4) is 0 Å². The van der Waals surface area contributed by atoms with Crippen LogP contribution in [0.1, 0.15) is 39.8 Å². The molecule has 0 amide bonds. The van der Waals surface area contributed by atoms with Crippen molar-refractivity contribution in [2.75, 3.05) is 0 Å². The summed E-state index contributed by atoms with van der Waals surface area (Å²) in [5.41, 5.74) is 0.247. The Labute approximate surface area is 133 Å². The van der Waals surface area contributed by atoms with Crippen molar-refractivity contribution in [2.24, 2.45) is 0 Å². The fourth-order valence-electron chi connectivity index (χ4n) is 2.38. The third-order valence-electron chi connectivity index (χ3n) is 4.50. The van der Waals surface area contributed by atoms with Gasteiger partial charge in [0.05, 0.1) is 30.3 Å². The van der Waals surface area contributed by atoms with Crippen LogP contribution >= 0.6 is 0 Å². The van der Waals surface area contributed by atoms with E-state index in [9.17, 15) is 18.3 Å². The molecule has 0 radical (unpaired) electrons. The maximum Gasteiger partial charge on any atom is 0.498 e. The molecule has 23 heavy (non-hydrogen) atoms. The molecule has 0 spiro atoms. The van der Waals surface area contributed by atoms with Gasteiger partial charge in [0.2, 0.25) is 0 Å². The number of hydrogen-bond donors (Lipinski definition) is 1. The van der Waals surface area contributed by atoms with Crippen LogP contribution in [-0.4, -0.2) is 45.5 Å². The lowest BCUT2D eigenvalue weighted by Gasteiger charge is -2.32. The molecule has 0 saturated carbocycles. The maximum atomic E-state index is 12.3. The SMILES string of the molecule is Cc1c(B2OC(C)(C)C(C)(C)O2)cnn1CC(O)CC(F)(F)F. The fourth-order valence-corrected chi connectivity index (χ4v) is 2.38. The average molecular weight is 334 g/mol. The van der Waals surface area contributed by atoms with Crippen molar-refractivity contribution in [3.63, 3.8) is 0 Å². The van der Waals surface area contributed by atoms with Crippen molar-refractivity contribution in [1.82, 2.24) is 9.78 Å². The van der Waals surface area contributed by atoms with Gasteiger partial charge >= 0.3 is 13.3 Å². The van der Waals surface area contributed by atoms with Crippen molar-refractivity contribution < 1.29 is 27.6 Å². The highest BCUT2D eigenvalue weighted by Crippen LogP contribution is 2.36.